The molecule has 1 aromatic heterocycles. The maximum Gasteiger partial charge on any atom is 0.331 e. The Labute approximate surface area is 99.6 Å². The van der Waals surface area contributed by atoms with Crippen molar-refractivity contribution in [1.82, 2.24) is 4.57 Å². The fourth-order valence-corrected chi connectivity index (χ4v) is 1.44. The number of nitrogens with zero attached hydrogens (tertiary/aromatic N) is 2. The summed E-state index contributed by atoms with van der Waals surface area (Å²) in [6.07, 6.45) is 5.78. The first-order chi connectivity index (χ1) is 6.45. The van der Waals surface area contributed by atoms with Gasteiger partial charge in [-0.25, -0.2) is 4.57 Å². The van der Waals surface area contributed by atoms with Crippen LogP contribution in [0.5, 0.6) is 0 Å². The Bertz CT molecular complexity index is 438. The van der Waals surface area contributed by atoms with Gasteiger partial charge in [-0.3, -0.25) is 4.55 Å². The molecule has 0 atom stereocenters. The van der Waals surface area contributed by atoms with Crippen LogP contribution in [0.2, 0.25) is 0 Å². The molecule has 1 heterocycles. The van der Waals surface area contributed by atoms with Gasteiger partial charge in [-0.2, -0.15) is 13.0 Å². The SMILES string of the molecule is C=C([n+]1ccn(CCC)c1)S(=O)(=O)O.[Br-]. The van der Waals surface area contributed by atoms with Gasteiger partial charge in [-0.15, -0.1) is 0 Å². The van der Waals surface area contributed by atoms with Crippen molar-refractivity contribution in [1.29, 1.82) is 0 Å². The third-order valence-corrected chi connectivity index (χ3v) is 2.57. The molecule has 0 bridgehead atoms. The van der Waals surface area contributed by atoms with E-state index in [0.29, 0.717) is 0 Å². The molecular formula is C8H13BrN2O3S. The second kappa shape index (κ2) is 5.43. The number of halogens is 1. The first-order valence-corrected chi connectivity index (χ1v) is 5.63. The number of hydrogen-bond acceptors (Lipinski definition) is 2. The number of aryl methyl sites for hydroxylation is 1. The molecule has 0 radical (unpaired) electrons. The van der Waals surface area contributed by atoms with E-state index in [-0.39, 0.29) is 22.0 Å². The Balaban J connectivity index is 0.00000196. The van der Waals surface area contributed by atoms with Crippen LogP contribution >= 0.6 is 0 Å². The van der Waals surface area contributed by atoms with Gasteiger partial charge < -0.3 is 17.0 Å². The molecule has 0 aliphatic heterocycles. The van der Waals surface area contributed by atoms with Gasteiger partial charge in [-0.1, -0.05) is 6.92 Å². The smallest absolute Gasteiger partial charge is 0.331 e. The van der Waals surface area contributed by atoms with E-state index in [2.05, 4.69) is 6.58 Å². The van der Waals surface area contributed by atoms with Crippen LogP contribution < -0.4 is 21.5 Å². The van der Waals surface area contributed by atoms with E-state index in [9.17, 15) is 8.42 Å². The van der Waals surface area contributed by atoms with Crippen molar-refractivity contribution >= 4 is 15.1 Å². The predicted molar refractivity (Wildman–Crippen MR) is 51.8 cm³/mol. The van der Waals surface area contributed by atoms with E-state index in [1.807, 2.05) is 11.5 Å². The molecule has 7 heteroatoms. The Hall–Kier alpha value is -0.660. The zero-order valence-electron chi connectivity index (χ0n) is 8.30. The molecule has 0 saturated heterocycles. The first-order valence-electron chi connectivity index (χ1n) is 4.19. The second-order valence-corrected chi connectivity index (χ2v) is 4.35. The summed E-state index contributed by atoms with van der Waals surface area (Å²) in [6, 6.07) is 0. The zero-order valence-corrected chi connectivity index (χ0v) is 10.7. The molecule has 0 spiro atoms. The third kappa shape index (κ3) is 3.77. The average molecular weight is 297 g/mol. The van der Waals surface area contributed by atoms with Crippen molar-refractivity contribution in [2.45, 2.75) is 19.9 Å². The normalized spacial score (nSPS) is 10.8. The molecule has 0 amide bonds. The lowest BCUT2D eigenvalue weighted by Gasteiger charge is -1.94. The summed E-state index contributed by atoms with van der Waals surface area (Å²) in [7, 11) is -4.20. The van der Waals surface area contributed by atoms with Gasteiger partial charge in [0.25, 0.3) is 0 Å². The summed E-state index contributed by atoms with van der Waals surface area (Å²) >= 11 is 0. The quantitative estimate of drug-likeness (QED) is 0.494. The second-order valence-electron chi connectivity index (χ2n) is 2.93. The summed E-state index contributed by atoms with van der Waals surface area (Å²) < 4.78 is 33.3. The number of rotatable bonds is 4. The fraction of sp³-hybridized carbons (Fsp3) is 0.375. The van der Waals surface area contributed by atoms with Crippen LogP contribution in [-0.4, -0.2) is 17.5 Å². The predicted octanol–water partition coefficient (Wildman–Crippen LogP) is -2.49. The highest BCUT2D eigenvalue weighted by Crippen LogP contribution is 1.99. The molecular weight excluding hydrogens is 284 g/mol. The van der Waals surface area contributed by atoms with Crippen molar-refractivity contribution in [2.24, 2.45) is 0 Å². The van der Waals surface area contributed by atoms with Crippen molar-refractivity contribution in [3.05, 3.63) is 25.3 Å². The van der Waals surface area contributed by atoms with E-state index >= 15 is 0 Å². The average Bonchev–Trinajstić information content (AvgIpc) is 2.50. The monoisotopic (exact) mass is 296 g/mol. The molecule has 0 aliphatic carbocycles. The van der Waals surface area contributed by atoms with Gasteiger partial charge in [0.15, 0.2) is 0 Å². The lowest BCUT2D eigenvalue weighted by atomic mass is 10.5. The summed E-state index contributed by atoms with van der Waals surface area (Å²) in [4.78, 5) is 0. The molecule has 0 saturated carbocycles. The van der Waals surface area contributed by atoms with E-state index in [1.165, 1.54) is 10.8 Å². The minimum atomic E-state index is -4.20. The lowest BCUT2D eigenvalue weighted by molar-refractivity contribution is -0.573. The molecule has 0 aliphatic rings. The molecule has 1 N–H and O–H groups in total. The molecule has 1 rings (SSSR count). The van der Waals surface area contributed by atoms with Crippen molar-refractivity contribution in [3.8, 4) is 0 Å². The first kappa shape index (κ1) is 14.3. The highest BCUT2D eigenvalue weighted by Gasteiger charge is 2.18. The van der Waals surface area contributed by atoms with E-state index in [1.54, 1.807) is 12.5 Å². The van der Waals surface area contributed by atoms with E-state index in [4.69, 9.17) is 4.55 Å². The van der Waals surface area contributed by atoms with Crippen LogP contribution in [0.4, 0.5) is 0 Å². The van der Waals surface area contributed by atoms with Crippen LogP contribution in [0.25, 0.3) is 5.03 Å². The molecule has 0 unspecified atom stereocenters. The molecule has 1 aromatic rings. The van der Waals surface area contributed by atoms with Crippen molar-refractivity contribution in [3.63, 3.8) is 0 Å². The van der Waals surface area contributed by atoms with Gasteiger partial charge in [0, 0.05) is 0 Å². The molecule has 0 aromatic carbocycles. The highest BCUT2D eigenvalue weighted by molar-refractivity contribution is 7.94. The summed E-state index contributed by atoms with van der Waals surface area (Å²) in [5.41, 5.74) is 0. The van der Waals surface area contributed by atoms with E-state index < -0.39 is 10.1 Å². The Morgan fingerprint density at radius 3 is 2.67 bits per heavy atom. The van der Waals surface area contributed by atoms with Gasteiger partial charge >= 0.3 is 10.1 Å². The van der Waals surface area contributed by atoms with Crippen molar-refractivity contribution in [2.75, 3.05) is 0 Å². The van der Waals surface area contributed by atoms with Crippen LogP contribution in [0.15, 0.2) is 25.3 Å². The summed E-state index contributed by atoms with van der Waals surface area (Å²) in [6.45, 7) is 6.09. The maximum absolute atomic E-state index is 10.7. The molecule has 0 fully saturated rings. The number of imidazole rings is 1. The topological polar surface area (TPSA) is 63.2 Å². The van der Waals surface area contributed by atoms with Crippen LogP contribution in [0, 0.1) is 0 Å². The van der Waals surface area contributed by atoms with Gasteiger partial charge in [0.2, 0.25) is 11.4 Å². The highest BCUT2D eigenvalue weighted by atomic mass is 79.9. The number of aromatic nitrogens is 2. The van der Waals surface area contributed by atoms with Crippen LogP contribution in [-0.2, 0) is 16.7 Å². The largest absolute Gasteiger partial charge is 1.00 e. The van der Waals surface area contributed by atoms with E-state index in [0.717, 1.165) is 13.0 Å². The Kier molecular flexibility index (Phi) is 5.19. The van der Waals surface area contributed by atoms with Gasteiger partial charge in [-0.05, 0) is 13.0 Å². The van der Waals surface area contributed by atoms with Gasteiger partial charge in [0.1, 0.15) is 12.4 Å². The van der Waals surface area contributed by atoms with Gasteiger partial charge in [0.05, 0.1) is 6.54 Å². The number of hydrogen-bond donors (Lipinski definition) is 1. The molecule has 86 valence electrons. The zero-order chi connectivity index (χ0) is 10.8. The van der Waals surface area contributed by atoms with Crippen LogP contribution in [0.1, 0.15) is 13.3 Å². The summed E-state index contributed by atoms with van der Waals surface area (Å²) in [5.74, 6) is 0. The Morgan fingerprint density at radius 2 is 2.20 bits per heavy atom. The fourth-order valence-electron chi connectivity index (χ4n) is 1.07. The van der Waals surface area contributed by atoms with Crippen LogP contribution in [0.3, 0.4) is 0 Å². The Morgan fingerprint density at radius 1 is 1.60 bits per heavy atom. The third-order valence-electron chi connectivity index (χ3n) is 1.76. The molecule has 5 nitrogen and oxygen atoms in total. The standard InChI is InChI=1S/C8H12N2O3S.BrH/c1-3-4-9-5-6-10(7-9)8(2)14(11,12)13;/h5-7H,2-4H2,1H3;1H. The maximum atomic E-state index is 10.7. The lowest BCUT2D eigenvalue weighted by Crippen LogP contribution is -3.00. The minimum Gasteiger partial charge on any atom is -1.00 e. The molecule has 15 heavy (non-hydrogen) atoms. The minimum absolute atomic E-state index is 0. The summed E-state index contributed by atoms with van der Waals surface area (Å²) in [5, 5.41) is -0.340. The van der Waals surface area contributed by atoms with Crippen molar-refractivity contribution < 1.29 is 34.5 Å².